The number of phosphoric acid groups is 1. The Morgan fingerprint density at radius 1 is 1.29 bits per heavy atom. The first-order valence-corrected chi connectivity index (χ1v) is 3.97. The first-order chi connectivity index (χ1) is 4.12. The minimum Gasteiger partial charge on any atom is -1.00 e. The van der Waals surface area contributed by atoms with Gasteiger partial charge in [-0.25, -0.2) is 15.1 Å². The van der Waals surface area contributed by atoms with Crippen molar-refractivity contribution >= 4 is 7.82 Å². The van der Waals surface area contributed by atoms with Gasteiger partial charge in [0.25, 0.3) is 0 Å². The van der Waals surface area contributed by atoms with Crippen molar-refractivity contribution in [2.75, 3.05) is 6.61 Å². The van der Waals surface area contributed by atoms with E-state index in [9.17, 15) is 4.57 Å². The van der Waals surface area contributed by atoms with Crippen LogP contribution in [0, 0.1) is 0 Å². The summed E-state index contributed by atoms with van der Waals surface area (Å²) in [6.07, 6.45) is 0.647. The molecule has 0 aliphatic carbocycles. The molecule has 0 radical (unpaired) electrons. The minimum atomic E-state index is -3.91. The number of phosphoric ester groups is 1. The SMILES string of the molecule is CCCOP(=O)(O)ON.[H-].[H-].[H-].[H-].[H-].[Na+].[Na+].[Na+].[Na+].[Na+]. The first kappa shape index (κ1) is 36.5. The summed E-state index contributed by atoms with van der Waals surface area (Å²) < 4.78 is 18.2. The van der Waals surface area contributed by atoms with E-state index in [1.807, 2.05) is 0 Å². The van der Waals surface area contributed by atoms with E-state index in [0.29, 0.717) is 6.42 Å². The zero-order valence-electron chi connectivity index (χ0n) is 15.1. The summed E-state index contributed by atoms with van der Waals surface area (Å²) in [5, 5.41) is 0. The van der Waals surface area contributed by atoms with Crippen molar-refractivity contribution in [3.63, 3.8) is 0 Å². The van der Waals surface area contributed by atoms with Gasteiger partial charge in [-0.15, -0.1) is 0 Å². The number of hydrogen-bond donors (Lipinski definition) is 2. The van der Waals surface area contributed by atoms with Crippen molar-refractivity contribution in [2.24, 2.45) is 5.90 Å². The zero-order chi connectivity index (χ0) is 7.33. The molecule has 0 aromatic heterocycles. The first-order valence-electron chi connectivity index (χ1n) is 2.48. The molecule has 0 spiro atoms. The largest absolute Gasteiger partial charge is 1.00 e. The summed E-state index contributed by atoms with van der Waals surface area (Å²) in [7, 11) is -3.91. The second-order valence-electron chi connectivity index (χ2n) is 1.41. The van der Waals surface area contributed by atoms with Crippen LogP contribution in [0.1, 0.15) is 20.5 Å². The maximum Gasteiger partial charge on any atom is 1.00 e. The van der Waals surface area contributed by atoms with Gasteiger partial charge in [-0.2, -0.15) is 0 Å². The third kappa shape index (κ3) is 25.8. The fraction of sp³-hybridized carbons (Fsp3) is 1.00. The standard InChI is InChI=1S/C3H10NO4P.5Na.5H/c1-2-3-7-9(5,6)8-4;;;;;;;;;;/h2-4H2,1H3,(H,5,6);;;;;;;;;;/q;5*+1;5*-1. The molecule has 66 valence electrons. The molecule has 0 saturated heterocycles. The maximum atomic E-state index is 10.3. The zero-order valence-corrected chi connectivity index (χ0v) is 21.0. The molecular weight excluding hydrogens is 260 g/mol. The van der Waals surface area contributed by atoms with Crippen molar-refractivity contribution in [3.8, 4) is 0 Å². The molecule has 11 heteroatoms. The molecule has 0 amide bonds. The monoisotopic (exact) mass is 275 g/mol. The van der Waals surface area contributed by atoms with Crippen molar-refractivity contribution in [3.05, 3.63) is 0 Å². The van der Waals surface area contributed by atoms with E-state index in [0.717, 1.165) is 0 Å². The summed E-state index contributed by atoms with van der Waals surface area (Å²) in [4.78, 5) is 8.44. The molecule has 0 heterocycles. The average Bonchev–Trinajstić information content (AvgIpc) is 1.84. The van der Waals surface area contributed by atoms with Crippen LogP contribution in [0.2, 0.25) is 0 Å². The van der Waals surface area contributed by atoms with Crippen molar-refractivity contribution < 1.29 is 174 Å². The topological polar surface area (TPSA) is 81.8 Å². The second kappa shape index (κ2) is 23.2. The van der Waals surface area contributed by atoms with Crippen LogP contribution in [0.15, 0.2) is 0 Å². The second-order valence-corrected chi connectivity index (χ2v) is 2.81. The van der Waals surface area contributed by atoms with Crippen LogP contribution in [-0.2, 0) is 13.7 Å². The molecule has 3 N–H and O–H groups in total. The van der Waals surface area contributed by atoms with Gasteiger partial charge >= 0.3 is 156 Å². The Labute approximate surface area is 203 Å². The van der Waals surface area contributed by atoms with Gasteiger partial charge in [0.1, 0.15) is 0 Å². The number of rotatable bonds is 4. The van der Waals surface area contributed by atoms with Crippen LogP contribution >= 0.6 is 7.82 Å². The van der Waals surface area contributed by atoms with Crippen LogP contribution in [0.3, 0.4) is 0 Å². The van der Waals surface area contributed by atoms with E-state index in [-0.39, 0.29) is 162 Å². The molecular formula is C3H15NNa5O4P. The van der Waals surface area contributed by atoms with Gasteiger partial charge in [0, 0.05) is 0 Å². The smallest absolute Gasteiger partial charge is 1.00 e. The Morgan fingerprint density at radius 2 is 1.64 bits per heavy atom. The van der Waals surface area contributed by atoms with Gasteiger partial charge in [-0.05, 0) is 6.42 Å². The molecule has 5 nitrogen and oxygen atoms in total. The Morgan fingerprint density at radius 3 is 1.86 bits per heavy atom. The normalized spacial score (nSPS) is 11.1. The van der Waals surface area contributed by atoms with E-state index in [1.54, 1.807) is 6.92 Å². The van der Waals surface area contributed by atoms with Crippen LogP contribution in [0.5, 0.6) is 0 Å². The Kier molecular flexibility index (Phi) is 60.4. The van der Waals surface area contributed by atoms with E-state index in [2.05, 4.69) is 15.0 Å². The third-order valence-electron chi connectivity index (χ3n) is 0.592. The molecule has 0 aliphatic heterocycles. The summed E-state index contributed by atoms with van der Waals surface area (Å²) in [6.45, 7) is 1.97. The van der Waals surface area contributed by atoms with E-state index >= 15 is 0 Å². The third-order valence-corrected chi connectivity index (χ3v) is 1.37. The Hall–Kier alpha value is 5.07. The fourth-order valence-corrected chi connectivity index (χ4v) is 0.711. The summed E-state index contributed by atoms with van der Waals surface area (Å²) >= 11 is 0. The van der Waals surface area contributed by atoms with Crippen LogP contribution in [0.4, 0.5) is 0 Å². The Balaban J connectivity index is -0.00000000711. The number of hydrogen-bond acceptors (Lipinski definition) is 4. The van der Waals surface area contributed by atoms with Crippen molar-refractivity contribution in [1.29, 1.82) is 0 Å². The van der Waals surface area contributed by atoms with Crippen LogP contribution in [0.25, 0.3) is 0 Å². The predicted molar refractivity (Wildman–Crippen MR) is 36.9 cm³/mol. The van der Waals surface area contributed by atoms with Gasteiger partial charge in [0.2, 0.25) is 0 Å². The van der Waals surface area contributed by atoms with Crippen molar-refractivity contribution in [1.82, 2.24) is 0 Å². The van der Waals surface area contributed by atoms with E-state index in [1.165, 1.54) is 0 Å². The molecule has 0 aromatic rings. The number of nitrogens with two attached hydrogens (primary N) is 1. The molecule has 0 saturated carbocycles. The quantitative estimate of drug-likeness (QED) is 0.302. The summed E-state index contributed by atoms with van der Waals surface area (Å²) in [5.74, 6) is 4.41. The maximum absolute atomic E-state index is 10.3. The molecule has 0 rings (SSSR count). The summed E-state index contributed by atoms with van der Waals surface area (Å²) in [6, 6.07) is 0. The molecule has 0 aromatic carbocycles. The molecule has 1 atom stereocenters. The van der Waals surface area contributed by atoms with E-state index in [4.69, 9.17) is 4.89 Å². The van der Waals surface area contributed by atoms with Crippen LogP contribution < -0.4 is 154 Å². The average molecular weight is 275 g/mol. The van der Waals surface area contributed by atoms with Gasteiger partial charge in [0.05, 0.1) is 6.61 Å². The molecule has 1 unspecified atom stereocenters. The van der Waals surface area contributed by atoms with E-state index < -0.39 is 7.82 Å². The fourth-order valence-electron chi connectivity index (χ4n) is 0.237. The van der Waals surface area contributed by atoms with Gasteiger partial charge in [0.15, 0.2) is 0 Å². The summed E-state index contributed by atoms with van der Waals surface area (Å²) in [5.41, 5.74) is 0. The molecule has 0 aliphatic rings. The minimum absolute atomic E-state index is 0. The van der Waals surface area contributed by atoms with Gasteiger partial charge in [-0.1, -0.05) is 6.92 Å². The van der Waals surface area contributed by atoms with Gasteiger partial charge < -0.3 is 12.0 Å². The molecule has 0 bridgehead atoms. The van der Waals surface area contributed by atoms with Gasteiger partial charge in [-0.3, -0.25) is 4.52 Å². The van der Waals surface area contributed by atoms with Crippen LogP contribution in [-0.4, -0.2) is 11.5 Å². The Bertz CT molecular complexity index is 145. The van der Waals surface area contributed by atoms with Crippen molar-refractivity contribution in [2.45, 2.75) is 13.3 Å². The predicted octanol–water partition coefficient (Wildman–Crippen LogP) is -14.0. The molecule has 14 heavy (non-hydrogen) atoms. The molecule has 0 fully saturated rings.